The van der Waals surface area contributed by atoms with E-state index in [0.717, 1.165) is 11.3 Å². The molecule has 1 saturated heterocycles. The van der Waals surface area contributed by atoms with Gasteiger partial charge >= 0.3 is 0 Å². The van der Waals surface area contributed by atoms with Gasteiger partial charge in [-0.1, -0.05) is 19.1 Å². The number of nitrogens with zero attached hydrogens (tertiary/aromatic N) is 1. The normalized spacial score (nSPS) is 16.5. The first-order chi connectivity index (χ1) is 12.5. The van der Waals surface area contributed by atoms with Gasteiger partial charge < -0.3 is 25.2 Å². The highest BCUT2D eigenvalue weighted by molar-refractivity contribution is 5.95. The van der Waals surface area contributed by atoms with Gasteiger partial charge in [-0.2, -0.15) is 0 Å². The Morgan fingerprint density at radius 3 is 2.81 bits per heavy atom. The van der Waals surface area contributed by atoms with Crippen LogP contribution in [0.15, 0.2) is 24.3 Å². The molecule has 1 aliphatic heterocycles. The van der Waals surface area contributed by atoms with Gasteiger partial charge in [0.1, 0.15) is 12.3 Å². The zero-order valence-corrected chi connectivity index (χ0v) is 15.3. The van der Waals surface area contributed by atoms with Gasteiger partial charge in [0.05, 0.1) is 25.9 Å². The maximum Gasteiger partial charge on any atom is 0.278 e. The third-order valence-electron chi connectivity index (χ3n) is 4.17. The number of quaternary nitrogens is 1. The molecular formula is C18H27N4O4+. The number of hydrogen-bond acceptors (Lipinski definition) is 4. The molecule has 0 radical (unpaired) electrons. The van der Waals surface area contributed by atoms with E-state index in [-0.39, 0.29) is 30.8 Å². The van der Waals surface area contributed by atoms with E-state index in [0.29, 0.717) is 37.6 Å². The van der Waals surface area contributed by atoms with E-state index in [1.807, 2.05) is 13.0 Å². The number of rotatable bonds is 8. The second kappa shape index (κ2) is 9.76. The fourth-order valence-corrected chi connectivity index (χ4v) is 2.91. The van der Waals surface area contributed by atoms with Crippen molar-refractivity contribution in [3.63, 3.8) is 0 Å². The summed E-state index contributed by atoms with van der Waals surface area (Å²) < 4.78 is 5.22. The van der Waals surface area contributed by atoms with E-state index in [1.165, 1.54) is 7.11 Å². The third kappa shape index (κ3) is 5.73. The summed E-state index contributed by atoms with van der Waals surface area (Å²) in [6, 6.07) is 7.13. The predicted molar refractivity (Wildman–Crippen MR) is 97.1 cm³/mol. The molecule has 0 saturated carbocycles. The average Bonchev–Trinajstić information content (AvgIpc) is 2.61. The molecule has 142 valence electrons. The Morgan fingerprint density at radius 2 is 2.12 bits per heavy atom. The van der Waals surface area contributed by atoms with Crippen molar-refractivity contribution >= 4 is 23.4 Å². The van der Waals surface area contributed by atoms with Gasteiger partial charge in [0.25, 0.3) is 11.8 Å². The molecule has 8 heteroatoms. The summed E-state index contributed by atoms with van der Waals surface area (Å²) in [6.07, 6.45) is 0.753. The van der Waals surface area contributed by atoms with Crippen molar-refractivity contribution in [1.82, 2.24) is 10.2 Å². The van der Waals surface area contributed by atoms with Crippen molar-refractivity contribution in [3.05, 3.63) is 24.3 Å². The van der Waals surface area contributed by atoms with Crippen LogP contribution in [-0.2, 0) is 14.4 Å². The number of nitrogens with one attached hydrogen (secondary N) is 3. The lowest BCUT2D eigenvalue weighted by Crippen LogP contribution is -3.16. The van der Waals surface area contributed by atoms with Crippen LogP contribution in [-0.4, -0.2) is 69.0 Å². The lowest BCUT2D eigenvalue weighted by atomic mass is 10.3. The van der Waals surface area contributed by atoms with Gasteiger partial charge in [-0.3, -0.25) is 14.4 Å². The summed E-state index contributed by atoms with van der Waals surface area (Å²) in [5, 5.41) is 5.54. The summed E-state index contributed by atoms with van der Waals surface area (Å²) in [5.41, 5.74) is 0.572. The number of para-hydroxylation sites is 2. The number of benzene rings is 1. The molecule has 26 heavy (non-hydrogen) atoms. The van der Waals surface area contributed by atoms with Crippen molar-refractivity contribution < 1.29 is 24.0 Å². The highest BCUT2D eigenvalue weighted by atomic mass is 16.5. The van der Waals surface area contributed by atoms with E-state index in [9.17, 15) is 14.4 Å². The lowest BCUT2D eigenvalue weighted by molar-refractivity contribution is -0.885. The Hall–Kier alpha value is -2.61. The van der Waals surface area contributed by atoms with Crippen LogP contribution in [0.3, 0.4) is 0 Å². The number of ether oxygens (including phenoxy) is 1. The molecule has 3 N–H and O–H groups in total. The van der Waals surface area contributed by atoms with Gasteiger partial charge in [0.2, 0.25) is 5.91 Å². The van der Waals surface area contributed by atoms with Crippen LogP contribution in [0.2, 0.25) is 0 Å². The molecule has 0 aromatic heterocycles. The largest absolute Gasteiger partial charge is 0.495 e. The molecule has 0 spiro atoms. The number of piperazine rings is 1. The maximum atomic E-state index is 12.6. The van der Waals surface area contributed by atoms with Crippen LogP contribution in [0.5, 0.6) is 5.75 Å². The molecule has 1 atom stereocenters. The zero-order valence-electron chi connectivity index (χ0n) is 15.3. The van der Waals surface area contributed by atoms with Crippen molar-refractivity contribution in [1.29, 1.82) is 0 Å². The van der Waals surface area contributed by atoms with Gasteiger partial charge in [0, 0.05) is 6.54 Å². The molecule has 1 aliphatic rings. The van der Waals surface area contributed by atoms with Crippen molar-refractivity contribution in [2.75, 3.05) is 51.7 Å². The van der Waals surface area contributed by atoms with E-state index in [2.05, 4.69) is 10.6 Å². The standard InChI is InChI=1S/C18H26N4O4/c1-3-9-22(18(25)13-21-10-8-19-16(23)11-21)12-17(24)20-14-6-4-5-7-15(14)26-2/h4-7H,3,8-13H2,1-2H3,(H,19,23)(H,20,24)/p+1. The molecule has 0 aliphatic carbocycles. The fourth-order valence-electron chi connectivity index (χ4n) is 2.91. The number of amides is 3. The Bertz CT molecular complexity index is 650. The van der Waals surface area contributed by atoms with E-state index < -0.39 is 0 Å². The summed E-state index contributed by atoms with van der Waals surface area (Å²) in [7, 11) is 1.54. The molecule has 1 fully saturated rings. The third-order valence-corrected chi connectivity index (χ3v) is 4.17. The van der Waals surface area contributed by atoms with E-state index in [1.54, 1.807) is 23.1 Å². The van der Waals surface area contributed by atoms with Crippen LogP contribution in [0.4, 0.5) is 5.69 Å². The molecule has 2 rings (SSSR count). The number of carbonyl (C=O) groups excluding carboxylic acids is 3. The summed E-state index contributed by atoms with van der Waals surface area (Å²) in [4.78, 5) is 38.9. The smallest absolute Gasteiger partial charge is 0.278 e. The Labute approximate surface area is 153 Å². The van der Waals surface area contributed by atoms with E-state index in [4.69, 9.17) is 4.74 Å². The van der Waals surface area contributed by atoms with Gasteiger partial charge in [-0.05, 0) is 18.6 Å². The molecule has 1 unspecified atom stereocenters. The maximum absolute atomic E-state index is 12.6. The van der Waals surface area contributed by atoms with Gasteiger partial charge in [-0.25, -0.2) is 0 Å². The molecular weight excluding hydrogens is 336 g/mol. The monoisotopic (exact) mass is 363 g/mol. The van der Waals surface area contributed by atoms with Crippen LogP contribution >= 0.6 is 0 Å². The van der Waals surface area contributed by atoms with Gasteiger partial charge in [0.15, 0.2) is 13.1 Å². The Morgan fingerprint density at radius 1 is 1.35 bits per heavy atom. The summed E-state index contributed by atoms with van der Waals surface area (Å²) in [6.45, 7) is 4.23. The Balaban J connectivity index is 1.94. The minimum absolute atomic E-state index is 0.0236. The van der Waals surface area contributed by atoms with Crippen LogP contribution in [0, 0.1) is 0 Å². The first-order valence-electron chi connectivity index (χ1n) is 8.84. The zero-order chi connectivity index (χ0) is 18.9. The van der Waals surface area contributed by atoms with Crippen LogP contribution in [0.25, 0.3) is 0 Å². The fraction of sp³-hybridized carbons (Fsp3) is 0.500. The summed E-state index contributed by atoms with van der Waals surface area (Å²) >= 11 is 0. The molecule has 1 heterocycles. The molecule has 3 amide bonds. The Kier molecular flexibility index (Phi) is 7.40. The molecule has 1 aromatic rings. The number of hydrogen-bond donors (Lipinski definition) is 3. The second-order valence-electron chi connectivity index (χ2n) is 6.27. The second-order valence-corrected chi connectivity index (χ2v) is 6.27. The van der Waals surface area contributed by atoms with Crippen molar-refractivity contribution in [3.8, 4) is 5.75 Å². The number of anilines is 1. The first-order valence-corrected chi connectivity index (χ1v) is 8.84. The highest BCUT2D eigenvalue weighted by Crippen LogP contribution is 2.22. The van der Waals surface area contributed by atoms with Crippen molar-refractivity contribution in [2.45, 2.75) is 13.3 Å². The molecule has 1 aromatic carbocycles. The number of methoxy groups -OCH3 is 1. The molecule has 8 nitrogen and oxygen atoms in total. The number of carbonyl (C=O) groups is 3. The molecule has 0 bridgehead atoms. The minimum atomic E-state index is -0.275. The quantitative estimate of drug-likeness (QED) is 0.546. The van der Waals surface area contributed by atoms with E-state index >= 15 is 0 Å². The van der Waals surface area contributed by atoms with Gasteiger partial charge in [-0.15, -0.1) is 0 Å². The van der Waals surface area contributed by atoms with Crippen LogP contribution < -0.4 is 20.3 Å². The highest BCUT2D eigenvalue weighted by Gasteiger charge is 2.26. The SMILES string of the molecule is CCCN(CC(=O)Nc1ccccc1OC)C(=O)C[NH+]1CCNC(=O)C1. The lowest BCUT2D eigenvalue weighted by Gasteiger charge is -2.27. The topological polar surface area (TPSA) is 92.2 Å². The predicted octanol–water partition coefficient (Wildman–Crippen LogP) is -1.11. The minimum Gasteiger partial charge on any atom is -0.495 e. The first kappa shape index (κ1) is 19.7. The van der Waals surface area contributed by atoms with Crippen molar-refractivity contribution in [2.24, 2.45) is 0 Å². The average molecular weight is 363 g/mol. The summed E-state index contributed by atoms with van der Waals surface area (Å²) in [5.74, 6) is 0.127. The van der Waals surface area contributed by atoms with Crippen LogP contribution in [0.1, 0.15) is 13.3 Å².